The Morgan fingerprint density at radius 1 is 1.47 bits per heavy atom. The van der Waals surface area contributed by atoms with Crippen LogP contribution in [0.25, 0.3) is 0 Å². The molecular formula is C12H17NO4. The van der Waals surface area contributed by atoms with Gasteiger partial charge in [-0.1, -0.05) is 6.07 Å². The summed E-state index contributed by atoms with van der Waals surface area (Å²) in [4.78, 5) is 11.7. The standard InChI is InChI=1S/C12H17NO4/c1-16-10-5-3-4-9(6-10)12(15)13-7-11(8-14)17-2/h3-6,11,14H,7-8H2,1-2H3,(H,13,15). The van der Waals surface area contributed by atoms with E-state index in [0.717, 1.165) is 0 Å². The van der Waals surface area contributed by atoms with Crippen molar-refractivity contribution in [1.82, 2.24) is 5.32 Å². The monoisotopic (exact) mass is 239 g/mol. The highest BCUT2D eigenvalue weighted by atomic mass is 16.5. The molecule has 0 spiro atoms. The van der Waals surface area contributed by atoms with Gasteiger partial charge in [0.2, 0.25) is 0 Å². The van der Waals surface area contributed by atoms with E-state index in [2.05, 4.69) is 5.32 Å². The van der Waals surface area contributed by atoms with Crippen LogP contribution >= 0.6 is 0 Å². The van der Waals surface area contributed by atoms with Gasteiger partial charge in [-0.05, 0) is 18.2 Å². The van der Waals surface area contributed by atoms with Gasteiger partial charge in [-0.25, -0.2) is 0 Å². The molecule has 0 aliphatic heterocycles. The van der Waals surface area contributed by atoms with Crippen molar-refractivity contribution < 1.29 is 19.4 Å². The maximum atomic E-state index is 11.7. The van der Waals surface area contributed by atoms with Crippen LogP contribution in [-0.2, 0) is 4.74 Å². The van der Waals surface area contributed by atoms with Crippen LogP contribution < -0.4 is 10.1 Å². The van der Waals surface area contributed by atoms with Gasteiger partial charge in [-0.3, -0.25) is 4.79 Å². The van der Waals surface area contributed by atoms with E-state index in [4.69, 9.17) is 14.6 Å². The summed E-state index contributed by atoms with van der Waals surface area (Å²) in [6.07, 6.45) is -0.385. The second-order valence-corrected chi connectivity index (χ2v) is 3.48. The Bertz CT molecular complexity index is 363. The smallest absolute Gasteiger partial charge is 0.251 e. The molecule has 1 unspecified atom stereocenters. The molecule has 2 N–H and O–H groups in total. The van der Waals surface area contributed by atoms with Crippen LogP contribution in [0.3, 0.4) is 0 Å². The van der Waals surface area contributed by atoms with Crippen LogP contribution in [0.5, 0.6) is 5.75 Å². The summed E-state index contributed by atoms with van der Waals surface area (Å²) in [5.74, 6) is 0.405. The van der Waals surface area contributed by atoms with Crippen LogP contribution in [0, 0.1) is 0 Å². The number of amides is 1. The maximum Gasteiger partial charge on any atom is 0.251 e. The first-order valence-electron chi connectivity index (χ1n) is 5.27. The van der Waals surface area contributed by atoms with E-state index in [1.807, 2.05) is 0 Å². The lowest BCUT2D eigenvalue weighted by Gasteiger charge is -2.13. The molecule has 1 amide bonds. The Morgan fingerprint density at radius 3 is 2.82 bits per heavy atom. The van der Waals surface area contributed by atoms with Crippen molar-refractivity contribution in [2.24, 2.45) is 0 Å². The van der Waals surface area contributed by atoms with Crippen molar-refractivity contribution in [2.75, 3.05) is 27.4 Å². The van der Waals surface area contributed by atoms with Crippen LogP contribution in [0.2, 0.25) is 0 Å². The number of nitrogens with one attached hydrogen (secondary N) is 1. The SMILES string of the molecule is COc1cccc(C(=O)NCC(CO)OC)c1. The molecule has 1 aromatic rings. The van der Waals surface area contributed by atoms with E-state index in [9.17, 15) is 4.79 Å². The number of carbonyl (C=O) groups excluding carboxylic acids is 1. The molecule has 0 aliphatic rings. The third-order valence-corrected chi connectivity index (χ3v) is 2.36. The van der Waals surface area contributed by atoms with E-state index in [1.165, 1.54) is 7.11 Å². The minimum atomic E-state index is -0.385. The zero-order valence-corrected chi connectivity index (χ0v) is 9.97. The van der Waals surface area contributed by atoms with Crippen molar-refractivity contribution in [3.63, 3.8) is 0 Å². The van der Waals surface area contributed by atoms with Gasteiger partial charge in [0.15, 0.2) is 0 Å². The maximum absolute atomic E-state index is 11.7. The molecule has 5 nitrogen and oxygen atoms in total. The molecule has 0 aromatic heterocycles. The van der Waals surface area contributed by atoms with E-state index in [0.29, 0.717) is 11.3 Å². The first-order chi connectivity index (χ1) is 8.21. The quantitative estimate of drug-likeness (QED) is 0.755. The van der Waals surface area contributed by atoms with Gasteiger partial charge in [0.05, 0.1) is 19.8 Å². The molecule has 1 rings (SSSR count). The molecule has 0 aliphatic carbocycles. The van der Waals surface area contributed by atoms with E-state index in [1.54, 1.807) is 31.4 Å². The lowest BCUT2D eigenvalue weighted by atomic mass is 10.2. The Morgan fingerprint density at radius 2 is 2.24 bits per heavy atom. The van der Waals surface area contributed by atoms with E-state index < -0.39 is 0 Å². The Labute approximate surface area is 100 Å². The number of aliphatic hydroxyl groups is 1. The number of aliphatic hydroxyl groups excluding tert-OH is 1. The van der Waals surface area contributed by atoms with Crippen molar-refractivity contribution in [3.8, 4) is 5.75 Å². The first kappa shape index (κ1) is 13.5. The van der Waals surface area contributed by atoms with Gasteiger partial charge in [0, 0.05) is 19.2 Å². The second kappa shape index (κ2) is 6.88. The molecule has 0 radical (unpaired) electrons. The van der Waals surface area contributed by atoms with Crippen LogP contribution in [0.15, 0.2) is 24.3 Å². The summed E-state index contributed by atoms with van der Waals surface area (Å²) in [6.45, 7) is 0.137. The van der Waals surface area contributed by atoms with E-state index >= 15 is 0 Å². The average Bonchev–Trinajstić information content (AvgIpc) is 2.39. The van der Waals surface area contributed by atoms with Crippen molar-refractivity contribution >= 4 is 5.91 Å². The topological polar surface area (TPSA) is 67.8 Å². The highest BCUT2D eigenvalue weighted by molar-refractivity contribution is 5.94. The minimum Gasteiger partial charge on any atom is -0.497 e. The van der Waals surface area contributed by atoms with Gasteiger partial charge >= 0.3 is 0 Å². The zero-order chi connectivity index (χ0) is 12.7. The summed E-state index contributed by atoms with van der Waals surface area (Å²) in [7, 11) is 3.03. The normalized spacial score (nSPS) is 11.9. The molecule has 94 valence electrons. The first-order valence-corrected chi connectivity index (χ1v) is 5.27. The fraction of sp³-hybridized carbons (Fsp3) is 0.417. The highest BCUT2D eigenvalue weighted by Crippen LogP contribution is 2.12. The predicted octanol–water partition coefficient (Wildman–Crippen LogP) is 0.432. The predicted molar refractivity (Wildman–Crippen MR) is 63.2 cm³/mol. The molecular weight excluding hydrogens is 222 g/mol. The fourth-order valence-electron chi connectivity index (χ4n) is 1.30. The summed E-state index contributed by atoms with van der Waals surface area (Å²) < 4.78 is 9.97. The van der Waals surface area contributed by atoms with Gasteiger partial charge in [0.1, 0.15) is 5.75 Å². The van der Waals surface area contributed by atoms with Crippen LogP contribution in [0.4, 0.5) is 0 Å². The molecule has 0 fully saturated rings. The lowest BCUT2D eigenvalue weighted by Crippen LogP contribution is -2.35. The molecule has 0 saturated heterocycles. The number of methoxy groups -OCH3 is 2. The summed E-state index contributed by atoms with van der Waals surface area (Å²) in [6, 6.07) is 6.85. The largest absolute Gasteiger partial charge is 0.497 e. The number of benzene rings is 1. The third kappa shape index (κ3) is 4.05. The number of hydrogen-bond donors (Lipinski definition) is 2. The summed E-state index contributed by atoms with van der Waals surface area (Å²) in [5, 5.41) is 11.6. The van der Waals surface area contributed by atoms with Crippen molar-refractivity contribution in [1.29, 1.82) is 0 Å². The molecule has 0 heterocycles. The third-order valence-electron chi connectivity index (χ3n) is 2.36. The van der Waals surface area contributed by atoms with Crippen LogP contribution in [0.1, 0.15) is 10.4 Å². The number of ether oxygens (including phenoxy) is 2. The van der Waals surface area contributed by atoms with Crippen molar-refractivity contribution in [2.45, 2.75) is 6.10 Å². The molecule has 17 heavy (non-hydrogen) atoms. The van der Waals surface area contributed by atoms with Gasteiger partial charge < -0.3 is 19.9 Å². The number of hydrogen-bond acceptors (Lipinski definition) is 4. The van der Waals surface area contributed by atoms with Crippen LogP contribution in [-0.4, -0.2) is 44.5 Å². The summed E-state index contributed by atoms with van der Waals surface area (Å²) in [5.41, 5.74) is 0.511. The molecule has 0 bridgehead atoms. The minimum absolute atomic E-state index is 0.130. The summed E-state index contributed by atoms with van der Waals surface area (Å²) >= 11 is 0. The Kier molecular flexibility index (Phi) is 5.45. The Balaban J connectivity index is 2.57. The number of carbonyl (C=O) groups is 1. The van der Waals surface area contributed by atoms with Gasteiger partial charge in [-0.15, -0.1) is 0 Å². The lowest BCUT2D eigenvalue weighted by molar-refractivity contribution is 0.0474. The van der Waals surface area contributed by atoms with Gasteiger partial charge in [-0.2, -0.15) is 0 Å². The molecule has 0 saturated carbocycles. The zero-order valence-electron chi connectivity index (χ0n) is 9.97. The number of rotatable bonds is 6. The average molecular weight is 239 g/mol. The fourth-order valence-corrected chi connectivity index (χ4v) is 1.30. The highest BCUT2D eigenvalue weighted by Gasteiger charge is 2.10. The molecule has 1 atom stereocenters. The van der Waals surface area contributed by atoms with Gasteiger partial charge in [0.25, 0.3) is 5.91 Å². The molecule has 1 aromatic carbocycles. The van der Waals surface area contributed by atoms with E-state index in [-0.39, 0.29) is 25.2 Å². The molecule has 5 heteroatoms. The Hall–Kier alpha value is -1.59. The van der Waals surface area contributed by atoms with Crippen molar-refractivity contribution in [3.05, 3.63) is 29.8 Å². The second-order valence-electron chi connectivity index (χ2n) is 3.48.